The van der Waals surface area contributed by atoms with Gasteiger partial charge in [0.25, 0.3) is 0 Å². The number of hydrogen-bond acceptors (Lipinski definition) is 11. The predicted octanol–water partition coefficient (Wildman–Crippen LogP) is -2.61. The first-order valence-corrected chi connectivity index (χ1v) is 16.6. The van der Waals surface area contributed by atoms with E-state index in [2.05, 4.69) is 21.3 Å². The van der Waals surface area contributed by atoms with E-state index >= 15 is 0 Å². The summed E-state index contributed by atoms with van der Waals surface area (Å²) in [6, 6.07) is -1.97. The van der Waals surface area contributed by atoms with Crippen molar-refractivity contribution in [3.8, 4) is 0 Å². The monoisotopic (exact) mass is 797 g/mol. The number of carboxylic acid groups (broad SMARTS) is 6. The molecule has 0 radical (unpaired) electrons. The number of carbonyl (C=O) groups is 11. The van der Waals surface area contributed by atoms with E-state index in [4.69, 9.17) is 20.4 Å². The number of aliphatic carboxylic acids is 6. The van der Waals surface area contributed by atoms with Crippen molar-refractivity contribution < 1.29 is 83.4 Å². The van der Waals surface area contributed by atoms with Gasteiger partial charge in [0.2, 0.25) is 17.7 Å². The Morgan fingerprint density at radius 1 is 0.500 bits per heavy atom. The molecule has 0 aliphatic rings. The molecule has 0 spiro atoms. The highest BCUT2D eigenvalue weighted by Gasteiger charge is 2.30. The van der Waals surface area contributed by atoms with E-state index in [0.29, 0.717) is 17.5 Å². The normalized spacial score (nSPS) is 12.6. The van der Waals surface area contributed by atoms with Crippen LogP contribution in [-0.4, -0.2) is 133 Å². The number of amides is 7. The van der Waals surface area contributed by atoms with E-state index in [0.717, 1.165) is 0 Å². The van der Waals surface area contributed by atoms with Gasteiger partial charge >= 0.3 is 47.9 Å². The molecule has 7 amide bonds. The van der Waals surface area contributed by atoms with Gasteiger partial charge in [0.1, 0.15) is 30.7 Å². The first kappa shape index (κ1) is 47.0. The average Bonchev–Trinajstić information content (AvgIpc) is 3.09. The Labute approximate surface area is 316 Å². The van der Waals surface area contributed by atoms with E-state index in [1.165, 1.54) is 12.1 Å². The van der Waals surface area contributed by atoms with Crippen LogP contribution in [0.5, 0.6) is 0 Å². The molecule has 4 unspecified atom stereocenters. The van der Waals surface area contributed by atoms with E-state index in [1.807, 2.05) is 16.0 Å². The molecule has 0 bridgehead atoms. The van der Waals surface area contributed by atoms with Crippen LogP contribution in [0, 0.1) is 0 Å². The quantitative estimate of drug-likeness (QED) is 0.0427. The van der Waals surface area contributed by atoms with Crippen molar-refractivity contribution in [3.63, 3.8) is 0 Å². The molecule has 1 aromatic carbocycles. The Hall–Kier alpha value is -7.01. The fourth-order valence-corrected chi connectivity index (χ4v) is 4.59. The van der Waals surface area contributed by atoms with Crippen LogP contribution in [0.2, 0.25) is 0 Å². The second kappa shape index (κ2) is 24.3. The minimum atomic E-state index is -1.78. The lowest BCUT2D eigenvalue weighted by Crippen LogP contribution is -2.55. The van der Waals surface area contributed by atoms with Crippen molar-refractivity contribution in [3.05, 3.63) is 35.4 Å². The zero-order valence-corrected chi connectivity index (χ0v) is 29.6. The van der Waals surface area contributed by atoms with Crippen LogP contribution in [0.15, 0.2) is 24.3 Å². The molecule has 0 aromatic heterocycles. The lowest BCUT2D eigenvalue weighted by Gasteiger charge is -2.21. The van der Waals surface area contributed by atoms with E-state index < -0.39 is 122 Å². The van der Waals surface area contributed by atoms with Crippen molar-refractivity contribution in [2.45, 2.75) is 82.1 Å². The molecule has 0 aliphatic heterocycles. The van der Waals surface area contributed by atoms with Crippen molar-refractivity contribution in [2.75, 3.05) is 13.1 Å². The Morgan fingerprint density at radius 3 is 1.55 bits per heavy atom. The average molecular weight is 798 g/mol. The van der Waals surface area contributed by atoms with E-state index in [1.54, 1.807) is 12.1 Å². The minimum Gasteiger partial charge on any atom is -0.481 e. The maximum absolute atomic E-state index is 12.8. The molecular weight excluding hydrogens is 754 g/mol. The van der Waals surface area contributed by atoms with Crippen molar-refractivity contribution in [1.29, 1.82) is 0 Å². The van der Waals surface area contributed by atoms with Gasteiger partial charge in [-0.15, -0.1) is 0 Å². The fraction of sp³-hybridized carbons (Fsp3) is 0.469. The summed E-state index contributed by atoms with van der Waals surface area (Å²) in [5.74, 6) is -11.8. The number of carbonyl (C=O) groups excluding carboxylic acids is 5. The number of hydrogen-bond donors (Lipinski definition) is 13. The van der Waals surface area contributed by atoms with Gasteiger partial charge in [-0.3, -0.25) is 33.6 Å². The summed E-state index contributed by atoms with van der Waals surface area (Å²) in [5.41, 5.74) is 1.01. The summed E-state index contributed by atoms with van der Waals surface area (Å²) in [7, 11) is 0. The first-order chi connectivity index (χ1) is 26.3. The lowest BCUT2D eigenvalue weighted by molar-refractivity contribution is -0.143. The SMILES string of the molecule is O=C(O)CCC(NC(=O)NC(CCCCNC(=O)NCc1ccc(CC(=O)NC(CC(=O)O)C(=O)NC(CC(=O)O)C(=O)NCC(=O)O)cc1)C(=O)O)C(=O)O. The minimum absolute atomic E-state index is 0.0423. The van der Waals surface area contributed by atoms with Gasteiger partial charge in [-0.25, -0.2) is 19.2 Å². The number of benzene rings is 1. The molecule has 24 nitrogen and oxygen atoms in total. The highest BCUT2D eigenvalue weighted by Crippen LogP contribution is 2.07. The molecule has 1 aromatic rings. The molecule has 0 saturated carbocycles. The summed E-state index contributed by atoms with van der Waals surface area (Å²) in [5, 5.41) is 69.6. The largest absolute Gasteiger partial charge is 0.481 e. The van der Waals surface area contributed by atoms with Crippen LogP contribution < -0.4 is 37.2 Å². The van der Waals surface area contributed by atoms with Gasteiger partial charge in [-0.2, -0.15) is 0 Å². The number of unbranched alkanes of at least 4 members (excludes halogenated alkanes) is 1. The topological polar surface area (TPSA) is 393 Å². The van der Waals surface area contributed by atoms with Crippen molar-refractivity contribution in [1.82, 2.24) is 37.2 Å². The summed E-state index contributed by atoms with van der Waals surface area (Å²) < 4.78 is 0. The second-order valence-electron chi connectivity index (χ2n) is 11.9. The van der Waals surface area contributed by atoms with Crippen molar-refractivity contribution in [2.24, 2.45) is 0 Å². The van der Waals surface area contributed by atoms with Crippen LogP contribution in [0.1, 0.15) is 56.1 Å². The van der Waals surface area contributed by atoms with Crippen LogP contribution in [-0.2, 0) is 56.1 Å². The smallest absolute Gasteiger partial charge is 0.326 e. The third-order valence-electron chi connectivity index (χ3n) is 7.36. The molecule has 0 heterocycles. The van der Waals surface area contributed by atoms with Gasteiger partial charge < -0.3 is 67.9 Å². The maximum Gasteiger partial charge on any atom is 0.326 e. The zero-order valence-electron chi connectivity index (χ0n) is 29.6. The molecule has 0 aliphatic carbocycles. The Bertz CT molecular complexity index is 1620. The Kier molecular flexibility index (Phi) is 20.4. The number of carboxylic acids is 6. The highest BCUT2D eigenvalue weighted by molar-refractivity contribution is 5.96. The molecule has 0 saturated heterocycles. The third-order valence-corrected chi connectivity index (χ3v) is 7.36. The number of rotatable bonds is 26. The van der Waals surface area contributed by atoms with Crippen LogP contribution >= 0.6 is 0 Å². The van der Waals surface area contributed by atoms with E-state index in [-0.39, 0.29) is 32.4 Å². The van der Waals surface area contributed by atoms with Crippen LogP contribution in [0.25, 0.3) is 0 Å². The summed E-state index contributed by atoms with van der Waals surface area (Å²) in [6.07, 6.45) is -2.74. The van der Waals surface area contributed by atoms with Gasteiger partial charge in [-0.1, -0.05) is 24.3 Å². The summed E-state index contributed by atoms with van der Waals surface area (Å²) in [6.45, 7) is -0.720. The molecule has 308 valence electrons. The molecule has 13 N–H and O–H groups in total. The summed E-state index contributed by atoms with van der Waals surface area (Å²) in [4.78, 5) is 129. The molecule has 24 heteroatoms. The summed E-state index contributed by atoms with van der Waals surface area (Å²) >= 11 is 0. The predicted molar refractivity (Wildman–Crippen MR) is 185 cm³/mol. The fourth-order valence-electron chi connectivity index (χ4n) is 4.59. The Balaban J connectivity index is 2.58. The van der Waals surface area contributed by atoms with Gasteiger partial charge in [0.15, 0.2) is 0 Å². The number of nitrogens with one attached hydrogen (secondary N) is 7. The molecule has 56 heavy (non-hydrogen) atoms. The first-order valence-electron chi connectivity index (χ1n) is 16.6. The second-order valence-corrected chi connectivity index (χ2v) is 11.9. The Morgan fingerprint density at radius 2 is 1.04 bits per heavy atom. The zero-order chi connectivity index (χ0) is 42.4. The third kappa shape index (κ3) is 20.3. The maximum atomic E-state index is 12.8. The van der Waals surface area contributed by atoms with Gasteiger partial charge in [-0.05, 0) is 36.8 Å². The molecule has 0 fully saturated rings. The van der Waals surface area contributed by atoms with Crippen molar-refractivity contribution >= 4 is 65.6 Å². The standard InChI is InChI=1S/C32H43N7O17/c40-22(36-21(13-25(45)46)28(50)37-20(12-24(43)44)27(49)34-15-26(47)48)11-16-4-6-17(7-5-16)14-35-31(55)33-10-2-1-3-18(29(51)52)38-32(56)39-19(30(53)54)8-9-23(41)42/h4-7,18-21H,1-3,8-15H2,(H,34,49)(H,36,40)(H,37,50)(H,41,42)(H,43,44)(H,45,46)(H,47,48)(H,51,52)(H,53,54)(H2,33,35,55)(H2,38,39,56). The van der Waals surface area contributed by atoms with E-state index in [9.17, 15) is 63.0 Å². The molecular formula is C32H43N7O17. The number of urea groups is 2. The molecule has 4 atom stereocenters. The van der Waals surface area contributed by atoms with Gasteiger partial charge in [0, 0.05) is 19.5 Å². The molecule has 1 rings (SSSR count). The van der Waals surface area contributed by atoms with Gasteiger partial charge in [0.05, 0.1) is 19.3 Å². The van der Waals surface area contributed by atoms with Crippen LogP contribution in [0.4, 0.5) is 9.59 Å². The lowest BCUT2D eigenvalue weighted by atomic mass is 10.1. The highest BCUT2D eigenvalue weighted by atomic mass is 16.4. The van der Waals surface area contributed by atoms with Crippen LogP contribution in [0.3, 0.4) is 0 Å².